The molecule has 140 valence electrons. The standard InChI is InChI=1S/C21H20P.BH4O4/c1-2-18-22(19-12-6-3-7-13-19,20-14-8-4-9-15-20)21-16-10-5-11-17-21;2-1(3,4)5/h2-17H,1,18H2;2-5H/q+1;-1. The van der Waals surface area contributed by atoms with E-state index in [-0.39, 0.29) is 0 Å². The van der Waals surface area contributed by atoms with Crippen LogP contribution in [0.3, 0.4) is 0 Å². The predicted octanol–water partition coefficient (Wildman–Crippen LogP) is 1.56. The molecule has 6 heteroatoms. The molecule has 0 saturated heterocycles. The number of hydrogen-bond acceptors (Lipinski definition) is 4. The van der Waals surface area contributed by atoms with Crippen molar-refractivity contribution in [3.63, 3.8) is 0 Å². The summed E-state index contributed by atoms with van der Waals surface area (Å²) in [6, 6.07) is 32.7. The van der Waals surface area contributed by atoms with Gasteiger partial charge >= 0.3 is 6.96 Å². The Morgan fingerprint density at radius 3 is 1.11 bits per heavy atom. The Bertz CT molecular complexity index is 718. The largest absolute Gasteiger partial charge is 0.534 e. The molecule has 27 heavy (non-hydrogen) atoms. The van der Waals surface area contributed by atoms with Crippen LogP contribution in [0.15, 0.2) is 104 Å². The van der Waals surface area contributed by atoms with Gasteiger partial charge in [0.25, 0.3) is 0 Å². The van der Waals surface area contributed by atoms with Crippen LogP contribution in [0.4, 0.5) is 0 Å². The zero-order valence-electron chi connectivity index (χ0n) is 15.0. The first-order chi connectivity index (χ1) is 12.9. The summed E-state index contributed by atoms with van der Waals surface area (Å²) in [5.41, 5.74) is 0. The summed E-state index contributed by atoms with van der Waals surface area (Å²) < 4.78 is 0. The van der Waals surface area contributed by atoms with Crippen molar-refractivity contribution in [2.24, 2.45) is 0 Å². The smallest absolute Gasteiger partial charge is 0.521 e. The van der Waals surface area contributed by atoms with Crippen LogP contribution in [0, 0.1) is 0 Å². The van der Waals surface area contributed by atoms with E-state index in [1.807, 2.05) is 0 Å². The van der Waals surface area contributed by atoms with E-state index in [2.05, 4.69) is 104 Å². The Kier molecular flexibility index (Phi) is 7.49. The van der Waals surface area contributed by atoms with Crippen LogP contribution >= 0.6 is 7.26 Å². The normalized spacial score (nSPS) is 11.3. The van der Waals surface area contributed by atoms with Gasteiger partial charge in [-0.3, -0.25) is 0 Å². The summed E-state index contributed by atoms with van der Waals surface area (Å²) >= 11 is 0. The van der Waals surface area contributed by atoms with E-state index in [0.717, 1.165) is 6.16 Å². The highest BCUT2D eigenvalue weighted by Gasteiger charge is 2.43. The molecule has 0 bridgehead atoms. The second kappa shape index (κ2) is 9.61. The first-order valence-corrected chi connectivity index (χ1v) is 10.5. The minimum atomic E-state index is -4.00. The van der Waals surface area contributed by atoms with E-state index < -0.39 is 14.2 Å². The maximum atomic E-state index is 7.25. The van der Waals surface area contributed by atoms with Crippen molar-refractivity contribution in [3.8, 4) is 0 Å². The topological polar surface area (TPSA) is 80.9 Å². The van der Waals surface area contributed by atoms with Gasteiger partial charge < -0.3 is 20.1 Å². The summed E-state index contributed by atoms with van der Waals surface area (Å²) in [6.07, 6.45) is 3.05. The van der Waals surface area contributed by atoms with E-state index >= 15 is 0 Å². The van der Waals surface area contributed by atoms with Crippen LogP contribution < -0.4 is 15.9 Å². The third kappa shape index (κ3) is 5.86. The van der Waals surface area contributed by atoms with Crippen LogP contribution in [0.5, 0.6) is 0 Å². The number of benzene rings is 3. The van der Waals surface area contributed by atoms with Gasteiger partial charge in [-0.2, -0.15) is 0 Å². The Balaban J connectivity index is 0.000000465. The molecule has 0 aliphatic heterocycles. The summed E-state index contributed by atoms with van der Waals surface area (Å²) in [4.78, 5) is 0. The molecule has 0 amide bonds. The minimum absolute atomic E-state index is 0.977. The average Bonchev–Trinajstić information content (AvgIpc) is 2.67. The molecule has 0 spiro atoms. The summed E-state index contributed by atoms with van der Waals surface area (Å²) in [5, 5.41) is 33.2. The second-order valence-corrected chi connectivity index (χ2v) is 9.51. The van der Waals surface area contributed by atoms with Crippen molar-refractivity contribution < 1.29 is 20.1 Å². The lowest BCUT2D eigenvalue weighted by atomic mass is 10.1. The van der Waals surface area contributed by atoms with Crippen LogP contribution in [0.2, 0.25) is 0 Å². The summed E-state index contributed by atoms with van der Waals surface area (Å²) in [6.45, 7) is 0.0498. The van der Waals surface area contributed by atoms with Gasteiger partial charge in [-0.15, -0.1) is 0 Å². The molecule has 0 saturated carbocycles. The number of rotatable bonds is 5. The van der Waals surface area contributed by atoms with Crippen molar-refractivity contribution in [2.75, 3.05) is 6.16 Å². The van der Waals surface area contributed by atoms with E-state index in [4.69, 9.17) is 20.1 Å². The fourth-order valence-electron chi connectivity index (χ4n) is 3.00. The molecule has 0 aliphatic carbocycles. The SMILES string of the molecule is C=CC[P+](c1ccccc1)(c1ccccc1)c1ccccc1.O[B-](O)(O)O. The molecular formula is C21H24BO4P. The monoisotopic (exact) mass is 382 g/mol. The van der Waals surface area contributed by atoms with Crippen LogP contribution in [-0.4, -0.2) is 33.2 Å². The van der Waals surface area contributed by atoms with Crippen molar-refractivity contribution in [1.29, 1.82) is 0 Å². The van der Waals surface area contributed by atoms with Gasteiger partial charge in [0.15, 0.2) is 0 Å². The zero-order chi connectivity index (χ0) is 19.8. The molecule has 4 nitrogen and oxygen atoms in total. The molecule has 0 heterocycles. The molecule has 0 fully saturated rings. The van der Waals surface area contributed by atoms with Gasteiger partial charge in [-0.1, -0.05) is 67.3 Å². The lowest BCUT2D eigenvalue weighted by Crippen LogP contribution is -2.33. The van der Waals surface area contributed by atoms with Crippen LogP contribution in [0.25, 0.3) is 0 Å². The maximum Gasteiger partial charge on any atom is 0.521 e. The Hall–Kier alpha value is -2.27. The van der Waals surface area contributed by atoms with Crippen molar-refractivity contribution >= 4 is 30.1 Å². The summed E-state index contributed by atoms with van der Waals surface area (Å²) in [7, 11) is -1.67. The van der Waals surface area contributed by atoms with Crippen molar-refractivity contribution in [2.45, 2.75) is 0 Å². The Morgan fingerprint density at radius 1 is 0.630 bits per heavy atom. The van der Waals surface area contributed by atoms with E-state index in [1.54, 1.807) is 0 Å². The van der Waals surface area contributed by atoms with Crippen LogP contribution in [0.1, 0.15) is 0 Å². The molecule has 0 radical (unpaired) electrons. The predicted molar refractivity (Wildman–Crippen MR) is 115 cm³/mol. The van der Waals surface area contributed by atoms with Gasteiger partial charge in [0.2, 0.25) is 0 Å². The van der Waals surface area contributed by atoms with Gasteiger partial charge in [-0.05, 0) is 36.4 Å². The third-order valence-corrected chi connectivity index (χ3v) is 8.34. The molecule has 0 aromatic heterocycles. The Morgan fingerprint density at radius 2 is 0.889 bits per heavy atom. The fraction of sp³-hybridized carbons (Fsp3) is 0.0476. The number of allylic oxidation sites excluding steroid dienone is 1. The molecule has 3 rings (SSSR count). The van der Waals surface area contributed by atoms with Gasteiger partial charge in [0.1, 0.15) is 23.2 Å². The zero-order valence-corrected chi connectivity index (χ0v) is 15.9. The van der Waals surface area contributed by atoms with E-state index in [9.17, 15) is 0 Å². The minimum Gasteiger partial charge on any atom is -0.534 e. The van der Waals surface area contributed by atoms with Crippen molar-refractivity contribution in [1.82, 2.24) is 0 Å². The lowest BCUT2D eigenvalue weighted by Gasteiger charge is -2.26. The second-order valence-electron chi connectivity index (χ2n) is 5.98. The van der Waals surface area contributed by atoms with Crippen molar-refractivity contribution in [3.05, 3.63) is 104 Å². The van der Waals surface area contributed by atoms with Gasteiger partial charge in [0.05, 0.1) is 6.16 Å². The molecule has 0 unspecified atom stereocenters. The van der Waals surface area contributed by atoms with E-state index in [0.29, 0.717) is 0 Å². The average molecular weight is 382 g/mol. The van der Waals surface area contributed by atoms with Gasteiger partial charge in [0, 0.05) is 0 Å². The first-order valence-electron chi connectivity index (χ1n) is 8.57. The highest BCUT2D eigenvalue weighted by molar-refractivity contribution is 7.95. The Labute approximate surface area is 160 Å². The molecule has 0 aliphatic rings. The lowest BCUT2D eigenvalue weighted by molar-refractivity contribution is 0.117. The molecular weight excluding hydrogens is 358 g/mol. The third-order valence-electron chi connectivity index (χ3n) is 3.99. The molecule has 3 aromatic carbocycles. The van der Waals surface area contributed by atoms with Gasteiger partial charge in [-0.25, -0.2) is 0 Å². The molecule has 3 aromatic rings. The van der Waals surface area contributed by atoms with E-state index in [1.165, 1.54) is 15.9 Å². The quantitative estimate of drug-likeness (QED) is 0.307. The first kappa shape index (κ1) is 21.0. The van der Waals surface area contributed by atoms with Crippen LogP contribution in [-0.2, 0) is 0 Å². The highest BCUT2D eigenvalue weighted by Crippen LogP contribution is 2.55. The highest BCUT2D eigenvalue weighted by atomic mass is 31.2. The molecule has 4 N–H and O–H groups in total. The summed E-state index contributed by atoms with van der Waals surface area (Å²) in [5.74, 6) is 0. The molecule has 0 atom stereocenters. The number of hydrogen-bond donors (Lipinski definition) is 4. The fourth-order valence-corrected chi connectivity index (χ4v) is 6.96. The maximum absolute atomic E-state index is 7.25.